The summed E-state index contributed by atoms with van der Waals surface area (Å²) in [7, 11) is 0. The first-order valence-electron chi connectivity index (χ1n) is 10.4. The van der Waals surface area contributed by atoms with Crippen molar-refractivity contribution in [3.63, 3.8) is 0 Å². The molecule has 4 aromatic rings. The van der Waals surface area contributed by atoms with Gasteiger partial charge < -0.3 is 15.8 Å². The largest absolute Gasteiger partial charge is 0.454 e. The molecule has 164 valence electrons. The van der Waals surface area contributed by atoms with Gasteiger partial charge in [0.15, 0.2) is 17.2 Å². The minimum absolute atomic E-state index is 0.0504. The van der Waals surface area contributed by atoms with Crippen LogP contribution in [0.25, 0.3) is 22.3 Å². The van der Waals surface area contributed by atoms with Gasteiger partial charge in [-0.25, -0.2) is 23.4 Å². The number of ether oxygens (including phenoxy) is 1. The highest BCUT2D eigenvalue weighted by atomic mass is 19.1. The van der Waals surface area contributed by atoms with E-state index in [1.165, 1.54) is 12.4 Å². The van der Waals surface area contributed by atoms with Gasteiger partial charge in [0.25, 0.3) is 0 Å². The van der Waals surface area contributed by atoms with Crippen LogP contribution < -0.4 is 15.8 Å². The quantitative estimate of drug-likeness (QED) is 0.491. The van der Waals surface area contributed by atoms with Crippen molar-refractivity contribution in [3.8, 4) is 22.8 Å². The van der Waals surface area contributed by atoms with Gasteiger partial charge in [-0.3, -0.25) is 0 Å². The average molecular weight is 436 g/mol. The Hall–Kier alpha value is -3.59. The second kappa shape index (κ2) is 8.16. The molecule has 9 heteroatoms. The zero-order valence-corrected chi connectivity index (χ0v) is 17.4. The van der Waals surface area contributed by atoms with Crippen LogP contribution in [0.2, 0.25) is 0 Å². The molecule has 1 aliphatic heterocycles. The Bertz CT molecular complexity index is 1270. The van der Waals surface area contributed by atoms with Crippen LogP contribution in [0.5, 0.6) is 11.5 Å². The first kappa shape index (κ1) is 20.3. The highest BCUT2D eigenvalue weighted by Gasteiger charge is 2.25. The number of nitrogens with zero attached hydrogens (tertiary/aromatic N) is 4. The molecule has 0 unspecified atom stereocenters. The molecule has 2 atom stereocenters. The molecule has 0 saturated carbocycles. The minimum Gasteiger partial charge on any atom is -0.454 e. The lowest BCUT2D eigenvalue weighted by atomic mass is 10.0. The molecule has 2 aromatic carbocycles. The molecule has 2 aromatic heterocycles. The number of halogens is 2. The fourth-order valence-electron chi connectivity index (χ4n) is 4.01. The summed E-state index contributed by atoms with van der Waals surface area (Å²) >= 11 is 0. The van der Waals surface area contributed by atoms with E-state index in [1.807, 2.05) is 16.8 Å². The SMILES string of the molecule is C[C@@H]1CC[C@H](n2nc(-c3ccc(Oc4ccc(F)cc4F)cc3)c3c(N)ncnc32)CN1. The standard InChI is InChI=1S/C23H22F2N6O/c1-13-2-6-16(11-27-13)31-23-20(22(26)28-12-29-23)21(30-31)14-3-7-17(8-4-14)32-19-9-5-15(24)10-18(19)25/h3-5,7-10,12-13,16,27H,2,6,11H2,1H3,(H2,26,28,29)/t13-,16+/m1/s1. The normalized spacial score (nSPS) is 18.7. The lowest BCUT2D eigenvalue weighted by Gasteiger charge is -2.27. The van der Waals surface area contributed by atoms with E-state index < -0.39 is 11.6 Å². The van der Waals surface area contributed by atoms with Gasteiger partial charge in [-0.2, -0.15) is 5.10 Å². The zero-order chi connectivity index (χ0) is 22.2. The Morgan fingerprint density at radius 1 is 1.09 bits per heavy atom. The summed E-state index contributed by atoms with van der Waals surface area (Å²) in [5.41, 5.74) is 8.38. The number of aromatic nitrogens is 4. The predicted octanol–water partition coefficient (Wildman–Crippen LogP) is 4.46. The molecular formula is C23H22F2N6O. The van der Waals surface area contributed by atoms with Crippen molar-refractivity contribution in [3.05, 3.63) is 60.4 Å². The maximum Gasteiger partial charge on any atom is 0.168 e. The van der Waals surface area contributed by atoms with Crippen LogP contribution in [-0.2, 0) is 0 Å². The van der Waals surface area contributed by atoms with E-state index in [-0.39, 0.29) is 11.8 Å². The number of nitrogen functional groups attached to an aromatic ring is 1. The predicted molar refractivity (Wildman–Crippen MR) is 117 cm³/mol. The summed E-state index contributed by atoms with van der Waals surface area (Å²) in [6, 6.07) is 10.9. The monoisotopic (exact) mass is 436 g/mol. The van der Waals surface area contributed by atoms with Gasteiger partial charge in [-0.15, -0.1) is 0 Å². The molecule has 1 aliphatic rings. The van der Waals surface area contributed by atoms with Crippen LogP contribution in [-0.4, -0.2) is 32.3 Å². The number of nitrogens with one attached hydrogen (secondary N) is 1. The van der Waals surface area contributed by atoms with Crippen molar-refractivity contribution in [1.82, 2.24) is 25.1 Å². The second-order valence-corrected chi connectivity index (χ2v) is 7.99. The van der Waals surface area contributed by atoms with E-state index in [1.54, 1.807) is 12.1 Å². The number of piperidine rings is 1. The summed E-state index contributed by atoms with van der Waals surface area (Å²) in [5, 5.41) is 9.05. The molecular weight excluding hydrogens is 414 g/mol. The highest BCUT2D eigenvalue weighted by Crippen LogP contribution is 2.34. The van der Waals surface area contributed by atoms with Gasteiger partial charge in [-0.1, -0.05) is 0 Å². The molecule has 0 aliphatic carbocycles. The molecule has 1 saturated heterocycles. The van der Waals surface area contributed by atoms with Crippen molar-refractivity contribution < 1.29 is 13.5 Å². The number of hydrogen-bond donors (Lipinski definition) is 2. The van der Waals surface area contributed by atoms with Crippen molar-refractivity contribution in [1.29, 1.82) is 0 Å². The van der Waals surface area contributed by atoms with Gasteiger partial charge in [0.2, 0.25) is 0 Å². The Balaban J connectivity index is 1.49. The maximum atomic E-state index is 13.9. The van der Waals surface area contributed by atoms with Crippen molar-refractivity contribution in [2.75, 3.05) is 12.3 Å². The molecule has 1 fully saturated rings. The molecule has 0 radical (unpaired) electrons. The van der Waals surface area contributed by atoms with Crippen LogP contribution >= 0.6 is 0 Å². The van der Waals surface area contributed by atoms with Gasteiger partial charge >= 0.3 is 0 Å². The summed E-state index contributed by atoms with van der Waals surface area (Å²) < 4.78 is 34.5. The zero-order valence-electron chi connectivity index (χ0n) is 17.4. The molecule has 5 rings (SSSR count). The molecule has 0 spiro atoms. The van der Waals surface area contributed by atoms with E-state index in [0.29, 0.717) is 34.3 Å². The third kappa shape index (κ3) is 3.75. The van der Waals surface area contributed by atoms with Crippen molar-refractivity contribution in [2.45, 2.75) is 31.8 Å². The molecule has 0 amide bonds. The van der Waals surface area contributed by atoms with E-state index in [9.17, 15) is 8.78 Å². The molecule has 7 nitrogen and oxygen atoms in total. The van der Waals surface area contributed by atoms with Gasteiger partial charge in [-0.05, 0) is 56.2 Å². The minimum atomic E-state index is -0.765. The Morgan fingerprint density at radius 2 is 1.91 bits per heavy atom. The van der Waals surface area contributed by atoms with Gasteiger partial charge in [0.05, 0.1) is 11.4 Å². The third-order valence-electron chi connectivity index (χ3n) is 5.75. The smallest absolute Gasteiger partial charge is 0.168 e. The number of benzene rings is 2. The topological polar surface area (TPSA) is 90.9 Å². The fourth-order valence-corrected chi connectivity index (χ4v) is 4.01. The molecule has 3 heterocycles. The fraction of sp³-hybridized carbons (Fsp3) is 0.261. The van der Waals surface area contributed by atoms with Crippen molar-refractivity contribution in [2.24, 2.45) is 0 Å². The van der Waals surface area contributed by atoms with E-state index >= 15 is 0 Å². The van der Waals surface area contributed by atoms with Crippen molar-refractivity contribution >= 4 is 16.9 Å². The number of hydrogen-bond acceptors (Lipinski definition) is 6. The summed E-state index contributed by atoms with van der Waals surface area (Å²) in [5.74, 6) is -0.695. The van der Waals surface area contributed by atoms with Crippen LogP contribution in [0.3, 0.4) is 0 Å². The second-order valence-electron chi connectivity index (χ2n) is 7.99. The lowest BCUT2D eigenvalue weighted by molar-refractivity contribution is 0.309. The van der Waals surface area contributed by atoms with Gasteiger partial charge in [0.1, 0.15) is 29.4 Å². The summed E-state index contributed by atoms with van der Waals surface area (Å²) in [4.78, 5) is 8.61. The van der Waals surface area contributed by atoms with E-state index in [2.05, 4.69) is 22.2 Å². The van der Waals surface area contributed by atoms with Crippen LogP contribution in [0.15, 0.2) is 48.8 Å². The first-order chi connectivity index (χ1) is 15.5. The van der Waals surface area contributed by atoms with Crippen LogP contribution in [0.1, 0.15) is 25.8 Å². The van der Waals surface area contributed by atoms with E-state index in [4.69, 9.17) is 15.6 Å². The summed E-state index contributed by atoms with van der Waals surface area (Å²) in [6.45, 7) is 2.97. The molecule has 32 heavy (non-hydrogen) atoms. The molecule has 0 bridgehead atoms. The van der Waals surface area contributed by atoms with E-state index in [0.717, 1.165) is 37.1 Å². The Morgan fingerprint density at radius 3 is 2.62 bits per heavy atom. The Kier molecular flexibility index (Phi) is 5.18. The lowest BCUT2D eigenvalue weighted by Crippen LogP contribution is -2.38. The van der Waals surface area contributed by atoms with Crippen LogP contribution in [0.4, 0.5) is 14.6 Å². The molecule has 3 N–H and O–H groups in total. The summed E-state index contributed by atoms with van der Waals surface area (Å²) in [6.07, 6.45) is 3.49. The number of anilines is 1. The van der Waals surface area contributed by atoms with Crippen LogP contribution in [0, 0.1) is 11.6 Å². The Labute approximate surface area is 183 Å². The number of rotatable bonds is 4. The third-order valence-corrected chi connectivity index (χ3v) is 5.75. The maximum absolute atomic E-state index is 13.9. The van der Waals surface area contributed by atoms with Gasteiger partial charge in [0, 0.05) is 24.2 Å². The highest BCUT2D eigenvalue weighted by molar-refractivity contribution is 5.98. The average Bonchev–Trinajstić information content (AvgIpc) is 3.18. The number of nitrogens with two attached hydrogens (primary N) is 1. The first-order valence-corrected chi connectivity index (χ1v) is 10.4. The number of fused-ring (bicyclic) bond motifs is 1.